The number of para-hydroxylation sites is 2. The fourth-order valence-electron chi connectivity index (χ4n) is 3.53. The van der Waals surface area contributed by atoms with E-state index < -0.39 is 0 Å². The molecular formula is C20H30IN5O2. The number of H-pyrrole nitrogens is 1. The number of hydrogen-bond acceptors (Lipinski definition) is 4. The number of piperidine rings is 1. The summed E-state index contributed by atoms with van der Waals surface area (Å²) in [7, 11) is 1.79. The average molecular weight is 499 g/mol. The van der Waals surface area contributed by atoms with Crippen molar-refractivity contribution in [2.45, 2.75) is 32.6 Å². The minimum absolute atomic E-state index is 0. The van der Waals surface area contributed by atoms with E-state index in [-0.39, 0.29) is 35.9 Å². The molecule has 28 heavy (non-hydrogen) atoms. The van der Waals surface area contributed by atoms with Gasteiger partial charge in [0.15, 0.2) is 5.96 Å². The van der Waals surface area contributed by atoms with Crippen molar-refractivity contribution in [1.29, 1.82) is 0 Å². The Bertz CT molecular complexity index is 759. The summed E-state index contributed by atoms with van der Waals surface area (Å²) in [6.45, 7) is 4.68. The number of halogens is 1. The second-order valence-electron chi connectivity index (χ2n) is 6.82. The average Bonchev–Trinajstić information content (AvgIpc) is 3.11. The normalized spacial score (nSPS) is 17.3. The summed E-state index contributed by atoms with van der Waals surface area (Å²) in [6, 6.07) is 8.08. The number of hydrogen-bond donors (Lipinski definition) is 2. The van der Waals surface area contributed by atoms with Crippen LogP contribution in [-0.4, -0.2) is 60.1 Å². The van der Waals surface area contributed by atoms with Crippen LogP contribution in [0.1, 0.15) is 32.0 Å². The minimum Gasteiger partial charge on any atom is -0.466 e. The molecule has 1 aromatic heterocycles. The van der Waals surface area contributed by atoms with Crippen LogP contribution in [-0.2, 0) is 16.0 Å². The number of likely N-dealkylation sites (tertiary alicyclic amines) is 1. The number of nitrogens with zero attached hydrogens (tertiary/aromatic N) is 3. The minimum atomic E-state index is -0.0949. The molecule has 1 aliphatic heterocycles. The number of carbonyl (C=O) groups is 1. The number of benzene rings is 1. The van der Waals surface area contributed by atoms with Gasteiger partial charge in [-0.15, -0.1) is 24.0 Å². The molecule has 0 bridgehead atoms. The molecular weight excluding hydrogens is 469 g/mol. The Morgan fingerprint density at radius 1 is 1.43 bits per heavy atom. The molecule has 1 aromatic carbocycles. The van der Waals surface area contributed by atoms with Gasteiger partial charge in [0.25, 0.3) is 0 Å². The molecule has 1 unspecified atom stereocenters. The molecule has 1 fully saturated rings. The van der Waals surface area contributed by atoms with Crippen LogP contribution in [0.25, 0.3) is 11.0 Å². The molecule has 3 rings (SSSR count). The number of imidazole rings is 1. The Morgan fingerprint density at radius 2 is 2.25 bits per heavy atom. The molecule has 2 aromatic rings. The lowest BCUT2D eigenvalue weighted by molar-refractivity contribution is -0.149. The molecule has 1 saturated heterocycles. The molecule has 0 spiro atoms. The highest BCUT2D eigenvalue weighted by molar-refractivity contribution is 14.0. The van der Waals surface area contributed by atoms with Crippen LogP contribution in [0.15, 0.2) is 29.3 Å². The molecule has 8 heteroatoms. The summed E-state index contributed by atoms with van der Waals surface area (Å²) >= 11 is 0. The number of aliphatic imine (C=N–C) groups is 1. The van der Waals surface area contributed by atoms with Gasteiger partial charge in [-0.3, -0.25) is 9.79 Å². The smallest absolute Gasteiger partial charge is 0.310 e. The molecule has 1 aliphatic rings. The summed E-state index contributed by atoms with van der Waals surface area (Å²) in [5.41, 5.74) is 2.09. The third kappa shape index (κ3) is 5.83. The van der Waals surface area contributed by atoms with Crippen LogP contribution < -0.4 is 5.32 Å². The third-order valence-corrected chi connectivity index (χ3v) is 4.86. The van der Waals surface area contributed by atoms with Gasteiger partial charge in [0.1, 0.15) is 5.82 Å². The van der Waals surface area contributed by atoms with E-state index in [1.165, 1.54) is 0 Å². The zero-order valence-corrected chi connectivity index (χ0v) is 18.9. The lowest BCUT2D eigenvalue weighted by Gasteiger charge is -2.33. The first-order valence-corrected chi connectivity index (χ1v) is 9.77. The second kappa shape index (κ2) is 11.2. The largest absolute Gasteiger partial charge is 0.466 e. The summed E-state index contributed by atoms with van der Waals surface area (Å²) in [6.07, 6.45) is 3.69. The fourth-order valence-corrected chi connectivity index (χ4v) is 3.53. The highest BCUT2D eigenvalue weighted by Gasteiger charge is 2.28. The Hall–Kier alpha value is -1.84. The fraction of sp³-hybridized carbons (Fsp3) is 0.550. The van der Waals surface area contributed by atoms with E-state index >= 15 is 0 Å². The molecule has 0 radical (unpaired) electrons. The van der Waals surface area contributed by atoms with Gasteiger partial charge >= 0.3 is 5.97 Å². The zero-order valence-electron chi connectivity index (χ0n) is 16.6. The van der Waals surface area contributed by atoms with Gasteiger partial charge in [0.2, 0.25) is 0 Å². The number of ether oxygens (including phenoxy) is 1. The van der Waals surface area contributed by atoms with Crippen LogP contribution in [0, 0.1) is 5.92 Å². The van der Waals surface area contributed by atoms with Crippen LogP contribution in [0.2, 0.25) is 0 Å². The highest BCUT2D eigenvalue weighted by Crippen LogP contribution is 2.18. The van der Waals surface area contributed by atoms with E-state index in [1.807, 2.05) is 31.2 Å². The van der Waals surface area contributed by atoms with Crippen molar-refractivity contribution in [3.63, 3.8) is 0 Å². The standard InChI is InChI=1S/C20H29N5O2.HI/c1-3-27-19(26)15-8-7-13-25(14-15)20(21-2)22-12-6-11-18-23-16-9-4-5-10-17(16)24-18;/h4-5,9-10,15H,3,6-8,11-14H2,1-2H3,(H,21,22)(H,23,24);1H. The maximum atomic E-state index is 12.0. The number of aromatic amines is 1. The number of guanidine groups is 1. The van der Waals surface area contributed by atoms with Gasteiger partial charge in [-0.05, 0) is 38.3 Å². The zero-order chi connectivity index (χ0) is 19.1. The first-order chi connectivity index (χ1) is 13.2. The quantitative estimate of drug-likeness (QED) is 0.210. The SMILES string of the molecule is CCOC(=O)C1CCCN(C(=NC)NCCCc2nc3ccccc3[nH]2)C1.I. The van der Waals surface area contributed by atoms with E-state index in [9.17, 15) is 4.79 Å². The molecule has 7 nitrogen and oxygen atoms in total. The monoisotopic (exact) mass is 499 g/mol. The van der Waals surface area contributed by atoms with Crippen molar-refractivity contribution in [2.75, 3.05) is 33.3 Å². The van der Waals surface area contributed by atoms with Crippen molar-refractivity contribution in [1.82, 2.24) is 20.2 Å². The van der Waals surface area contributed by atoms with Gasteiger partial charge in [-0.25, -0.2) is 4.98 Å². The first kappa shape index (κ1) is 22.4. The topological polar surface area (TPSA) is 82.6 Å². The maximum Gasteiger partial charge on any atom is 0.310 e. The van der Waals surface area contributed by atoms with Crippen LogP contribution in [0.4, 0.5) is 0 Å². The Balaban J connectivity index is 0.00000280. The Morgan fingerprint density at radius 3 is 3.00 bits per heavy atom. The van der Waals surface area contributed by atoms with Crippen molar-refractivity contribution in [3.05, 3.63) is 30.1 Å². The number of fused-ring (bicyclic) bond motifs is 1. The Kier molecular flexibility index (Phi) is 9.01. The molecule has 1 atom stereocenters. The number of aromatic nitrogens is 2. The van der Waals surface area contributed by atoms with Crippen molar-refractivity contribution in [2.24, 2.45) is 10.9 Å². The van der Waals surface area contributed by atoms with Crippen LogP contribution in [0.3, 0.4) is 0 Å². The molecule has 154 valence electrons. The number of carbonyl (C=O) groups excluding carboxylic acids is 1. The van der Waals surface area contributed by atoms with Gasteiger partial charge in [-0.1, -0.05) is 12.1 Å². The van der Waals surface area contributed by atoms with Crippen LogP contribution in [0.5, 0.6) is 0 Å². The summed E-state index contributed by atoms with van der Waals surface area (Å²) in [5.74, 6) is 1.71. The van der Waals surface area contributed by atoms with E-state index in [1.54, 1.807) is 7.05 Å². The lowest BCUT2D eigenvalue weighted by Crippen LogP contribution is -2.48. The highest BCUT2D eigenvalue weighted by atomic mass is 127. The van der Waals surface area contributed by atoms with Crippen LogP contribution >= 0.6 is 24.0 Å². The van der Waals surface area contributed by atoms with E-state index in [0.717, 1.165) is 61.6 Å². The van der Waals surface area contributed by atoms with E-state index in [0.29, 0.717) is 13.2 Å². The first-order valence-electron chi connectivity index (χ1n) is 9.77. The van der Waals surface area contributed by atoms with Crippen molar-refractivity contribution < 1.29 is 9.53 Å². The summed E-state index contributed by atoms with van der Waals surface area (Å²) in [5, 5.41) is 3.42. The molecule has 0 amide bonds. The van der Waals surface area contributed by atoms with Crippen molar-refractivity contribution >= 4 is 46.9 Å². The molecule has 0 aliphatic carbocycles. The maximum absolute atomic E-state index is 12.0. The number of esters is 1. The molecule has 0 saturated carbocycles. The predicted molar refractivity (Wildman–Crippen MR) is 122 cm³/mol. The van der Waals surface area contributed by atoms with Gasteiger partial charge in [0.05, 0.1) is 23.6 Å². The molecule has 2 N–H and O–H groups in total. The summed E-state index contributed by atoms with van der Waals surface area (Å²) in [4.78, 5) is 26.5. The van der Waals surface area contributed by atoms with Gasteiger partial charge < -0.3 is 19.9 Å². The van der Waals surface area contributed by atoms with Gasteiger partial charge in [0, 0.05) is 33.1 Å². The Labute approximate surface area is 183 Å². The second-order valence-corrected chi connectivity index (χ2v) is 6.82. The van der Waals surface area contributed by atoms with E-state index in [4.69, 9.17) is 4.74 Å². The van der Waals surface area contributed by atoms with Gasteiger partial charge in [-0.2, -0.15) is 0 Å². The third-order valence-electron chi connectivity index (χ3n) is 4.86. The molecule has 2 heterocycles. The predicted octanol–water partition coefficient (Wildman–Crippen LogP) is 2.96. The lowest BCUT2D eigenvalue weighted by atomic mass is 9.98. The van der Waals surface area contributed by atoms with E-state index in [2.05, 4.69) is 25.2 Å². The number of aryl methyl sites for hydroxylation is 1. The van der Waals surface area contributed by atoms with Crippen molar-refractivity contribution in [3.8, 4) is 0 Å². The number of rotatable bonds is 6. The summed E-state index contributed by atoms with van der Waals surface area (Å²) < 4.78 is 5.18. The number of nitrogens with one attached hydrogen (secondary N) is 2.